The van der Waals surface area contributed by atoms with E-state index in [0.29, 0.717) is 37.6 Å². The zero-order valence-corrected chi connectivity index (χ0v) is 15.2. The van der Waals surface area contributed by atoms with Crippen LogP contribution in [0.3, 0.4) is 0 Å². The number of piperazine rings is 1. The van der Waals surface area contributed by atoms with Gasteiger partial charge < -0.3 is 15.1 Å². The lowest BCUT2D eigenvalue weighted by atomic mass is 10.1. The summed E-state index contributed by atoms with van der Waals surface area (Å²) in [6, 6.07) is 10.6. The Morgan fingerprint density at radius 2 is 1.68 bits per heavy atom. The van der Waals surface area contributed by atoms with Crippen LogP contribution in [0.25, 0.3) is 0 Å². The van der Waals surface area contributed by atoms with Gasteiger partial charge in [-0.15, -0.1) is 0 Å². The summed E-state index contributed by atoms with van der Waals surface area (Å²) in [5.41, 5.74) is 1.14. The highest BCUT2D eigenvalue weighted by Crippen LogP contribution is 2.29. The molecule has 2 aromatic rings. The summed E-state index contributed by atoms with van der Waals surface area (Å²) in [7, 11) is 1.64. The van der Waals surface area contributed by atoms with Crippen molar-refractivity contribution in [2.45, 2.75) is 0 Å². The third kappa shape index (κ3) is 3.70. The molecule has 1 aliphatic rings. The molecular weight excluding hydrogens is 366 g/mol. The van der Waals surface area contributed by atoms with Gasteiger partial charge in [0.2, 0.25) is 0 Å². The topological polar surface area (TPSA) is 122 Å². The van der Waals surface area contributed by atoms with Crippen molar-refractivity contribution in [2.75, 3.05) is 43.4 Å². The molecule has 2 aromatic carbocycles. The van der Waals surface area contributed by atoms with Crippen molar-refractivity contribution in [3.05, 3.63) is 68.3 Å². The first-order chi connectivity index (χ1) is 13.4. The van der Waals surface area contributed by atoms with Crippen LogP contribution in [-0.4, -0.2) is 53.9 Å². The number of carbonyl (C=O) groups excluding carboxylic acids is 1. The van der Waals surface area contributed by atoms with Gasteiger partial charge in [0, 0.05) is 57.1 Å². The molecule has 0 saturated carbocycles. The SMILES string of the molecule is CNc1ccc([N+](=O)[O-])cc1C(=O)N1CCN(c2ccccc2[N+](=O)[O-])CC1. The number of para-hydroxylation sites is 2. The third-order valence-electron chi connectivity index (χ3n) is 4.70. The summed E-state index contributed by atoms with van der Waals surface area (Å²) in [4.78, 5) is 37.7. The van der Waals surface area contributed by atoms with Crippen molar-refractivity contribution in [1.29, 1.82) is 0 Å². The maximum Gasteiger partial charge on any atom is 0.292 e. The number of nitro groups is 2. The van der Waals surface area contributed by atoms with Gasteiger partial charge in [-0.25, -0.2) is 0 Å². The lowest BCUT2D eigenvalue weighted by molar-refractivity contribution is -0.384. The molecule has 146 valence electrons. The number of hydrogen-bond acceptors (Lipinski definition) is 7. The minimum atomic E-state index is -0.539. The number of nitrogens with one attached hydrogen (secondary N) is 1. The molecule has 1 heterocycles. The van der Waals surface area contributed by atoms with Crippen LogP contribution in [0.15, 0.2) is 42.5 Å². The van der Waals surface area contributed by atoms with Crippen LogP contribution in [0.5, 0.6) is 0 Å². The zero-order chi connectivity index (χ0) is 20.3. The third-order valence-corrected chi connectivity index (χ3v) is 4.70. The normalized spacial score (nSPS) is 13.9. The molecule has 0 atom stereocenters. The Hall–Kier alpha value is -3.69. The lowest BCUT2D eigenvalue weighted by Gasteiger charge is -2.36. The smallest absolute Gasteiger partial charge is 0.292 e. The van der Waals surface area contributed by atoms with E-state index in [2.05, 4.69) is 5.32 Å². The first-order valence-electron chi connectivity index (χ1n) is 8.66. The molecule has 1 fully saturated rings. The Balaban J connectivity index is 1.77. The van der Waals surface area contributed by atoms with Gasteiger partial charge in [0.05, 0.1) is 15.4 Å². The molecule has 1 amide bonds. The molecule has 0 radical (unpaired) electrons. The van der Waals surface area contributed by atoms with Crippen LogP contribution < -0.4 is 10.2 Å². The standard InChI is InChI=1S/C18H19N5O5/c1-19-15-7-6-13(22(25)26)12-14(15)18(24)21-10-8-20(9-11-21)16-4-2-3-5-17(16)23(27)28/h2-7,12,19H,8-11H2,1H3. The molecule has 10 nitrogen and oxygen atoms in total. The van der Waals surface area contributed by atoms with Crippen LogP contribution in [-0.2, 0) is 0 Å². The number of benzene rings is 2. The molecule has 10 heteroatoms. The summed E-state index contributed by atoms with van der Waals surface area (Å²) in [5, 5.41) is 25.1. The van der Waals surface area contributed by atoms with E-state index >= 15 is 0 Å². The number of anilines is 2. The van der Waals surface area contributed by atoms with Crippen LogP contribution >= 0.6 is 0 Å². The maximum absolute atomic E-state index is 12.9. The molecule has 3 rings (SSSR count). The molecule has 0 aromatic heterocycles. The molecule has 1 aliphatic heterocycles. The molecule has 0 spiro atoms. The fourth-order valence-corrected chi connectivity index (χ4v) is 3.25. The van der Waals surface area contributed by atoms with Gasteiger partial charge >= 0.3 is 0 Å². The number of hydrogen-bond donors (Lipinski definition) is 1. The largest absolute Gasteiger partial charge is 0.387 e. The van der Waals surface area contributed by atoms with Crippen molar-refractivity contribution in [2.24, 2.45) is 0 Å². The fourth-order valence-electron chi connectivity index (χ4n) is 3.25. The molecule has 1 N–H and O–H groups in total. The minimum absolute atomic E-state index is 0.0263. The van der Waals surface area contributed by atoms with Crippen LogP contribution in [0, 0.1) is 20.2 Å². The van der Waals surface area contributed by atoms with Gasteiger partial charge in [-0.1, -0.05) is 12.1 Å². The monoisotopic (exact) mass is 385 g/mol. The number of non-ortho nitro benzene ring substituents is 1. The van der Waals surface area contributed by atoms with Gasteiger partial charge in [-0.2, -0.15) is 0 Å². The van der Waals surface area contributed by atoms with Crippen molar-refractivity contribution in [3.63, 3.8) is 0 Å². The molecule has 1 saturated heterocycles. The predicted octanol–water partition coefficient (Wildman–Crippen LogP) is 2.51. The summed E-state index contributed by atoms with van der Waals surface area (Å²) in [6.07, 6.45) is 0. The maximum atomic E-state index is 12.9. The minimum Gasteiger partial charge on any atom is -0.387 e. The quantitative estimate of drug-likeness (QED) is 0.620. The lowest BCUT2D eigenvalue weighted by Crippen LogP contribution is -2.49. The number of nitrogens with zero attached hydrogens (tertiary/aromatic N) is 4. The van der Waals surface area contributed by atoms with E-state index in [4.69, 9.17) is 0 Å². The fraction of sp³-hybridized carbons (Fsp3) is 0.278. The van der Waals surface area contributed by atoms with Gasteiger partial charge in [0.1, 0.15) is 5.69 Å². The second-order valence-corrected chi connectivity index (χ2v) is 6.26. The van der Waals surface area contributed by atoms with Crippen molar-refractivity contribution in [1.82, 2.24) is 4.90 Å². The van der Waals surface area contributed by atoms with E-state index in [1.807, 2.05) is 4.90 Å². The molecular formula is C18H19N5O5. The number of carbonyl (C=O) groups is 1. The average molecular weight is 385 g/mol. The van der Waals surface area contributed by atoms with Gasteiger partial charge in [-0.3, -0.25) is 25.0 Å². The van der Waals surface area contributed by atoms with Crippen molar-refractivity contribution in [3.8, 4) is 0 Å². The van der Waals surface area contributed by atoms with Crippen LogP contribution in [0.1, 0.15) is 10.4 Å². The number of rotatable bonds is 5. The molecule has 0 aliphatic carbocycles. The van der Waals surface area contributed by atoms with Gasteiger partial charge in [0.25, 0.3) is 17.3 Å². The van der Waals surface area contributed by atoms with E-state index in [1.165, 1.54) is 24.3 Å². The molecule has 28 heavy (non-hydrogen) atoms. The van der Waals surface area contributed by atoms with Gasteiger partial charge in [-0.05, 0) is 12.1 Å². The Morgan fingerprint density at radius 3 is 2.29 bits per heavy atom. The summed E-state index contributed by atoms with van der Waals surface area (Å²) in [5.74, 6) is -0.310. The summed E-state index contributed by atoms with van der Waals surface area (Å²) in [6.45, 7) is 1.58. The first-order valence-corrected chi connectivity index (χ1v) is 8.66. The highest BCUT2D eigenvalue weighted by Gasteiger charge is 2.27. The van der Waals surface area contributed by atoms with Crippen LogP contribution in [0.2, 0.25) is 0 Å². The Morgan fingerprint density at radius 1 is 1.00 bits per heavy atom. The molecule has 0 unspecified atom stereocenters. The predicted molar refractivity (Wildman–Crippen MR) is 104 cm³/mol. The van der Waals surface area contributed by atoms with E-state index in [-0.39, 0.29) is 22.8 Å². The van der Waals surface area contributed by atoms with E-state index in [9.17, 15) is 25.0 Å². The van der Waals surface area contributed by atoms with Crippen molar-refractivity contribution >= 4 is 28.7 Å². The van der Waals surface area contributed by atoms with E-state index in [0.717, 1.165) is 0 Å². The highest BCUT2D eigenvalue weighted by molar-refractivity contribution is 6.00. The van der Waals surface area contributed by atoms with Crippen molar-refractivity contribution < 1.29 is 14.6 Å². The Labute approximate surface area is 160 Å². The second kappa shape index (κ2) is 7.91. The number of amides is 1. The van der Waals surface area contributed by atoms with Gasteiger partial charge in [0.15, 0.2) is 0 Å². The van der Waals surface area contributed by atoms with E-state index < -0.39 is 9.85 Å². The average Bonchev–Trinajstić information content (AvgIpc) is 2.72. The Bertz CT molecular complexity index is 924. The molecule has 0 bridgehead atoms. The van der Waals surface area contributed by atoms with E-state index in [1.54, 1.807) is 30.1 Å². The summed E-state index contributed by atoms with van der Waals surface area (Å²) >= 11 is 0. The number of nitro benzene ring substituents is 2. The second-order valence-electron chi connectivity index (χ2n) is 6.26. The first kappa shape index (κ1) is 19.1. The summed E-state index contributed by atoms with van der Waals surface area (Å²) < 4.78 is 0. The van der Waals surface area contributed by atoms with Crippen LogP contribution in [0.4, 0.5) is 22.7 Å². The highest BCUT2D eigenvalue weighted by atomic mass is 16.6. The zero-order valence-electron chi connectivity index (χ0n) is 15.2. The Kier molecular flexibility index (Phi) is 5.39.